The molecule has 1 nitrogen and oxygen atoms in total. The maximum Gasteiger partial charge on any atom is 0.136 e. The van der Waals surface area contributed by atoms with Gasteiger partial charge in [-0.2, -0.15) is 0 Å². The Morgan fingerprint density at radius 3 is 1.70 bits per heavy atom. The first-order chi connectivity index (χ1) is 27.5. The van der Waals surface area contributed by atoms with Crippen molar-refractivity contribution in [2.45, 2.75) is 19.3 Å². The average molecular weight is 713 g/mol. The molecular formula is C55H36O. The third-order valence-corrected chi connectivity index (χ3v) is 12.6. The van der Waals surface area contributed by atoms with Gasteiger partial charge in [-0.15, -0.1) is 0 Å². The predicted octanol–water partition coefficient (Wildman–Crippen LogP) is 15.5. The number of furan rings is 1. The minimum absolute atomic E-state index is 0.139. The SMILES string of the molecule is CC1(C)c2ccc(-c3ccc(-c4c5ccccc5c(-c5cccc6ccccc56)c5ccccc45)cc3)cc2-c2ccc3c(ccc4oc5ccccc5c43)c21. The summed E-state index contributed by atoms with van der Waals surface area (Å²) in [5.74, 6) is 0. The Hall–Kier alpha value is -6.96. The van der Waals surface area contributed by atoms with Crippen LogP contribution in [0.2, 0.25) is 0 Å². The Balaban J connectivity index is 0.992. The Morgan fingerprint density at radius 2 is 0.946 bits per heavy atom. The van der Waals surface area contributed by atoms with Gasteiger partial charge in [0.25, 0.3) is 0 Å². The van der Waals surface area contributed by atoms with E-state index in [1.54, 1.807) is 0 Å². The van der Waals surface area contributed by atoms with Crippen molar-refractivity contribution in [3.05, 3.63) is 193 Å². The van der Waals surface area contributed by atoms with E-state index in [2.05, 4.69) is 190 Å². The highest BCUT2D eigenvalue weighted by atomic mass is 16.3. The first kappa shape index (κ1) is 31.4. The summed E-state index contributed by atoms with van der Waals surface area (Å²) in [4.78, 5) is 0. The smallest absolute Gasteiger partial charge is 0.136 e. The molecule has 1 aromatic heterocycles. The summed E-state index contributed by atoms with van der Waals surface area (Å²) >= 11 is 0. The van der Waals surface area contributed by atoms with Crippen molar-refractivity contribution >= 4 is 65.0 Å². The topological polar surface area (TPSA) is 13.1 Å². The molecule has 12 rings (SSSR count). The summed E-state index contributed by atoms with van der Waals surface area (Å²) in [5.41, 5.74) is 14.7. The molecule has 0 radical (unpaired) electrons. The van der Waals surface area contributed by atoms with Crippen LogP contribution in [0.15, 0.2) is 186 Å². The van der Waals surface area contributed by atoms with Crippen LogP contribution in [0.5, 0.6) is 0 Å². The Labute approximate surface area is 325 Å². The average Bonchev–Trinajstić information content (AvgIpc) is 3.74. The first-order valence-corrected chi connectivity index (χ1v) is 19.6. The highest BCUT2D eigenvalue weighted by Crippen LogP contribution is 2.53. The van der Waals surface area contributed by atoms with Crippen molar-refractivity contribution < 1.29 is 4.42 Å². The third-order valence-electron chi connectivity index (χ3n) is 12.6. The molecule has 1 aliphatic rings. The highest BCUT2D eigenvalue weighted by Gasteiger charge is 2.37. The quantitative estimate of drug-likeness (QED) is 0.166. The van der Waals surface area contributed by atoms with E-state index >= 15 is 0 Å². The van der Waals surface area contributed by atoms with Crippen LogP contribution in [0.25, 0.3) is 110 Å². The number of rotatable bonds is 3. The van der Waals surface area contributed by atoms with Gasteiger partial charge < -0.3 is 4.42 Å². The molecule has 0 bridgehead atoms. The Bertz CT molecular complexity index is 3370. The Morgan fingerprint density at radius 1 is 0.357 bits per heavy atom. The number of para-hydroxylation sites is 1. The van der Waals surface area contributed by atoms with Gasteiger partial charge in [0.15, 0.2) is 0 Å². The summed E-state index contributed by atoms with van der Waals surface area (Å²) in [7, 11) is 0. The van der Waals surface area contributed by atoms with E-state index in [1.807, 2.05) is 6.07 Å². The van der Waals surface area contributed by atoms with E-state index in [0.717, 1.165) is 11.2 Å². The van der Waals surface area contributed by atoms with Crippen molar-refractivity contribution in [3.63, 3.8) is 0 Å². The van der Waals surface area contributed by atoms with Crippen LogP contribution in [0.1, 0.15) is 25.0 Å². The summed E-state index contributed by atoms with van der Waals surface area (Å²) in [6.07, 6.45) is 0. The summed E-state index contributed by atoms with van der Waals surface area (Å²) in [6, 6.07) is 67.1. The van der Waals surface area contributed by atoms with Gasteiger partial charge in [0.05, 0.1) is 0 Å². The second kappa shape index (κ2) is 11.5. The van der Waals surface area contributed by atoms with Gasteiger partial charge in [0.2, 0.25) is 0 Å². The molecule has 0 spiro atoms. The van der Waals surface area contributed by atoms with E-state index in [9.17, 15) is 0 Å². The van der Waals surface area contributed by atoms with Crippen molar-refractivity contribution in [3.8, 4) is 44.5 Å². The van der Waals surface area contributed by atoms with Crippen molar-refractivity contribution in [1.82, 2.24) is 0 Å². The molecule has 0 N–H and O–H groups in total. The lowest BCUT2D eigenvalue weighted by atomic mass is 9.79. The molecule has 0 atom stereocenters. The molecule has 0 amide bonds. The maximum atomic E-state index is 6.27. The van der Waals surface area contributed by atoms with E-state index < -0.39 is 0 Å². The molecule has 0 unspecified atom stereocenters. The zero-order chi connectivity index (χ0) is 37.1. The molecular weight excluding hydrogens is 677 g/mol. The fourth-order valence-electron chi connectivity index (χ4n) is 10.2. The van der Waals surface area contributed by atoms with Gasteiger partial charge in [-0.05, 0) is 117 Å². The zero-order valence-electron chi connectivity index (χ0n) is 31.2. The van der Waals surface area contributed by atoms with Gasteiger partial charge in [-0.3, -0.25) is 0 Å². The third kappa shape index (κ3) is 4.31. The lowest BCUT2D eigenvalue weighted by Gasteiger charge is -2.23. The molecule has 0 saturated carbocycles. The lowest BCUT2D eigenvalue weighted by Crippen LogP contribution is -2.15. The molecule has 1 heteroatoms. The van der Waals surface area contributed by atoms with Gasteiger partial charge in [0, 0.05) is 16.2 Å². The van der Waals surface area contributed by atoms with Crippen LogP contribution >= 0.6 is 0 Å². The van der Waals surface area contributed by atoms with Crippen molar-refractivity contribution in [1.29, 1.82) is 0 Å². The van der Waals surface area contributed by atoms with Crippen LogP contribution in [0.4, 0.5) is 0 Å². The molecule has 0 aliphatic heterocycles. The normalized spacial score (nSPS) is 13.3. The number of hydrogen-bond acceptors (Lipinski definition) is 1. The minimum Gasteiger partial charge on any atom is -0.456 e. The van der Waals surface area contributed by atoms with Gasteiger partial charge >= 0.3 is 0 Å². The largest absolute Gasteiger partial charge is 0.456 e. The number of hydrogen-bond donors (Lipinski definition) is 0. The molecule has 11 aromatic rings. The molecule has 56 heavy (non-hydrogen) atoms. The van der Waals surface area contributed by atoms with Crippen LogP contribution < -0.4 is 0 Å². The van der Waals surface area contributed by atoms with Crippen LogP contribution in [-0.4, -0.2) is 0 Å². The van der Waals surface area contributed by atoms with Crippen molar-refractivity contribution in [2.75, 3.05) is 0 Å². The minimum atomic E-state index is -0.139. The summed E-state index contributed by atoms with van der Waals surface area (Å²) in [6.45, 7) is 4.76. The molecule has 10 aromatic carbocycles. The number of benzene rings is 10. The van der Waals surface area contributed by atoms with Gasteiger partial charge in [0.1, 0.15) is 11.2 Å². The number of fused-ring (bicyclic) bond motifs is 12. The van der Waals surface area contributed by atoms with E-state index in [0.29, 0.717) is 0 Å². The second-order valence-electron chi connectivity index (χ2n) is 16.0. The molecule has 1 heterocycles. The predicted molar refractivity (Wildman–Crippen MR) is 238 cm³/mol. The second-order valence-corrected chi connectivity index (χ2v) is 16.0. The van der Waals surface area contributed by atoms with Crippen LogP contribution in [0.3, 0.4) is 0 Å². The van der Waals surface area contributed by atoms with Crippen LogP contribution in [0, 0.1) is 0 Å². The van der Waals surface area contributed by atoms with Gasteiger partial charge in [-0.1, -0.05) is 178 Å². The standard InChI is InChI=1S/C55H36O/c1-55(2)48-30-26-36(32-47(48)45-28-27-43-44(54(45)55)29-31-50-53(43)46-19-9-10-21-49(46)56-50)33-22-24-35(25-23-33)51-39-15-5-7-17-41(39)52(42-18-8-6-16-40(42)51)38-20-11-13-34-12-3-4-14-37(34)38/h3-32H,1-2H3. The van der Waals surface area contributed by atoms with Crippen LogP contribution in [-0.2, 0) is 5.41 Å². The van der Waals surface area contributed by atoms with Crippen molar-refractivity contribution in [2.24, 2.45) is 0 Å². The lowest BCUT2D eigenvalue weighted by molar-refractivity contribution is 0.665. The highest BCUT2D eigenvalue weighted by molar-refractivity contribution is 6.24. The summed E-state index contributed by atoms with van der Waals surface area (Å²) < 4.78 is 6.27. The van der Waals surface area contributed by atoms with E-state index in [-0.39, 0.29) is 5.41 Å². The maximum absolute atomic E-state index is 6.27. The van der Waals surface area contributed by atoms with E-state index in [4.69, 9.17) is 4.42 Å². The molecule has 0 saturated heterocycles. The fourth-order valence-corrected chi connectivity index (χ4v) is 10.2. The van der Waals surface area contributed by atoms with Gasteiger partial charge in [-0.25, -0.2) is 0 Å². The zero-order valence-corrected chi connectivity index (χ0v) is 31.2. The first-order valence-electron chi connectivity index (χ1n) is 19.6. The monoisotopic (exact) mass is 712 g/mol. The Kier molecular flexibility index (Phi) is 6.46. The fraction of sp³-hybridized carbons (Fsp3) is 0.0545. The molecule has 1 aliphatic carbocycles. The summed E-state index contributed by atoms with van der Waals surface area (Å²) in [5, 5.41) is 12.6. The molecule has 262 valence electrons. The molecule has 0 fully saturated rings. The van der Waals surface area contributed by atoms with E-state index in [1.165, 1.54) is 109 Å².